The van der Waals surface area contributed by atoms with E-state index in [0.29, 0.717) is 12.2 Å². The standard InChI is InChI=1S/C14H20N2O3/c1-9(2)18-13(17)8-16-7-10(3)19-12-6-4-5-11(15)14(12)16/h4-6,9-10H,7-8,15H2,1-3H3. The van der Waals surface area contributed by atoms with Crippen LogP contribution in [-0.4, -0.2) is 31.3 Å². The van der Waals surface area contributed by atoms with Gasteiger partial charge in [-0.2, -0.15) is 0 Å². The van der Waals surface area contributed by atoms with Crippen LogP contribution in [-0.2, 0) is 9.53 Å². The number of hydrogen-bond acceptors (Lipinski definition) is 5. The molecule has 2 rings (SSSR count). The highest BCUT2D eigenvalue weighted by Gasteiger charge is 2.26. The lowest BCUT2D eigenvalue weighted by Gasteiger charge is -2.35. The molecule has 1 aromatic rings. The maximum absolute atomic E-state index is 11.8. The van der Waals surface area contributed by atoms with E-state index in [1.54, 1.807) is 6.07 Å². The van der Waals surface area contributed by atoms with Gasteiger partial charge < -0.3 is 20.1 Å². The Balaban J connectivity index is 2.20. The van der Waals surface area contributed by atoms with E-state index in [-0.39, 0.29) is 24.7 Å². The first-order valence-corrected chi connectivity index (χ1v) is 6.47. The van der Waals surface area contributed by atoms with Crippen LogP contribution >= 0.6 is 0 Å². The molecule has 19 heavy (non-hydrogen) atoms. The molecule has 0 amide bonds. The van der Waals surface area contributed by atoms with Crippen molar-refractivity contribution in [3.63, 3.8) is 0 Å². The van der Waals surface area contributed by atoms with Crippen molar-refractivity contribution in [1.29, 1.82) is 0 Å². The Kier molecular flexibility index (Phi) is 3.83. The molecule has 0 spiro atoms. The molecular formula is C14H20N2O3. The van der Waals surface area contributed by atoms with Crippen molar-refractivity contribution in [3.05, 3.63) is 18.2 Å². The van der Waals surface area contributed by atoms with Gasteiger partial charge in [0.15, 0.2) is 0 Å². The Labute approximate surface area is 113 Å². The second-order valence-electron chi connectivity index (χ2n) is 5.04. The summed E-state index contributed by atoms with van der Waals surface area (Å²) >= 11 is 0. The van der Waals surface area contributed by atoms with Crippen LogP contribution in [0.2, 0.25) is 0 Å². The lowest BCUT2D eigenvalue weighted by molar-refractivity contribution is -0.145. The van der Waals surface area contributed by atoms with Crippen molar-refractivity contribution in [3.8, 4) is 5.75 Å². The van der Waals surface area contributed by atoms with E-state index in [1.165, 1.54) is 0 Å². The van der Waals surface area contributed by atoms with E-state index in [2.05, 4.69) is 0 Å². The number of anilines is 2. The molecule has 0 aliphatic carbocycles. The van der Waals surface area contributed by atoms with E-state index < -0.39 is 0 Å². The minimum absolute atomic E-state index is 0.0150. The molecule has 0 bridgehead atoms. The molecule has 104 valence electrons. The quantitative estimate of drug-likeness (QED) is 0.666. The molecule has 1 aliphatic heterocycles. The van der Waals surface area contributed by atoms with Crippen LogP contribution in [0, 0.1) is 0 Å². The van der Waals surface area contributed by atoms with Crippen LogP contribution in [0.5, 0.6) is 5.75 Å². The fourth-order valence-corrected chi connectivity index (χ4v) is 2.23. The van der Waals surface area contributed by atoms with E-state index in [0.717, 1.165) is 11.4 Å². The predicted octanol–water partition coefficient (Wildman–Crippen LogP) is 1.81. The van der Waals surface area contributed by atoms with Gasteiger partial charge in [-0.1, -0.05) is 6.07 Å². The summed E-state index contributed by atoms with van der Waals surface area (Å²) in [5.74, 6) is 0.467. The molecule has 1 atom stereocenters. The summed E-state index contributed by atoms with van der Waals surface area (Å²) in [4.78, 5) is 13.7. The maximum Gasteiger partial charge on any atom is 0.325 e. The highest BCUT2D eigenvalue weighted by Crippen LogP contribution is 2.37. The lowest BCUT2D eigenvalue weighted by atomic mass is 10.1. The topological polar surface area (TPSA) is 64.8 Å². The number of rotatable bonds is 3. The molecule has 0 saturated carbocycles. The van der Waals surface area contributed by atoms with Crippen molar-refractivity contribution in [1.82, 2.24) is 0 Å². The van der Waals surface area contributed by atoms with Crippen molar-refractivity contribution >= 4 is 17.3 Å². The number of nitrogen functional groups attached to an aromatic ring is 1. The zero-order valence-electron chi connectivity index (χ0n) is 11.6. The third-order valence-corrected chi connectivity index (χ3v) is 2.84. The van der Waals surface area contributed by atoms with Crippen LogP contribution in [0.4, 0.5) is 11.4 Å². The van der Waals surface area contributed by atoms with E-state index in [1.807, 2.05) is 37.8 Å². The summed E-state index contributed by atoms with van der Waals surface area (Å²) in [6.45, 7) is 6.44. The Morgan fingerprint density at radius 3 is 3.00 bits per heavy atom. The normalized spacial score (nSPS) is 17.9. The summed E-state index contributed by atoms with van der Waals surface area (Å²) in [5, 5.41) is 0. The minimum atomic E-state index is -0.252. The summed E-state index contributed by atoms with van der Waals surface area (Å²) < 4.78 is 10.9. The lowest BCUT2D eigenvalue weighted by Crippen LogP contribution is -2.42. The van der Waals surface area contributed by atoms with Gasteiger partial charge in [0.1, 0.15) is 24.1 Å². The second kappa shape index (κ2) is 5.38. The number of benzene rings is 1. The van der Waals surface area contributed by atoms with Gasteiger partial charge in [-0.3, -0.25) is 4.79 Å². The number of para-hydroxylation sites is 1. The van der Waals surface area contributed by atoms with Crippen LogP contribution in [0.15, 0.2) is 18.2 Å². The Hall–Kier alpha value is -1.91. The first-order chi connectivity index (χ1) is 8.97. The maximum atomic E-state index is 11.8. The predicted molar refractivity (Wildman–Crippen MR) is 74.4 cm³/mol. The van der Waals surface area contributed by atoms with E-state index in [4.69, 9.17) is 15.2 Å². The van der Waals surface area contributed by atoms with Crippen molar-refractivity contribution in [2.45, 2.75) is 33.0 Å². The van der Waals surface area contributed by atoms with Gasteiger partial charge in [-0.25, -0.2) is 0 Å². The summed E-state index contributed by atoms with van der Waals surface area (Å²) in [6.07, 6.45) is -0.0975. The zero-order valence-corrected chi connectivity index (χ0v) is 11.6. The largest absolute Gasteiger partial charge is 0.487 e. The minimum Gasteiger partial charge on any atom is -0.487 e. The average Bonchev–Trinajstić information content (AvgIpc) is 2.26. The van der Waals surface area contributed by atoms with Crippen molar-refractivity contribution < 1.29 is 14.3 Å². The van der Waals surface area contributed by atoms with Gasteiger partial charge in [0.25, 0.3) is 0 Å². The van der Waals surface area contributed by atoms with Crippen molar-refractivity contribution in [2.24, 2.45) is 0 Å². The summed E-state index contributed by atoms with van der Waals surface area (Å²) in [5.41, 5.74) is 7.37. The van der Waals surface area contributed by atoms with Gasteiger partial charge in [-0.05, 0) is 32.9 Å². The number of carbonyl (C=O) groups excluding carboxylic acids is 1. The Morgan fingerprint density at radius 1 is 1.58 bits per heavy atom. The van der Waals surface area contributed by atoms with Crippen LogP contribution in [0.25, 0.3) is 0 Å². The SMILES string of the molecule is CC(C)OC(=O)CN1CC(C)Oc2cccc(N)c21. The monoisotopic (exact) mass is 264 g/mol. The Morgan fingerprint density at radius 2 is 2.32 bits per heavy atom. The van der Waals surface area contributed by atoms with Gasteiger partial charge in [-0.15, -0.1) is 0 Å². The number of nitrogens with two attached hydrogens (primary N) is 1. The van der Waals surface area contributed by atoms with Gasteiger partial charge in [0.05, 0.1) is 18.3 Å². The number of fused-ring (bicyclic) bond motifs is 1. The molecule has 0 saturated heterocycles. The highest BCUT2D eigenvalue weighted by atomic mass is 16.5. The number of nitrogens with zero attached hydrogens (tertiary/aromatic N) is 1. The number of carbonyl (C=O) groups is 1. The summed E-state index contributed by atoms with van der Waals surface area (Å²) in [7, 11) is 0. The zero-order chi connectivity index (χ0) is 14.0. The van der Waals surface area contributed by atoms with Crippen LogP contribution < -0.4 is 15.4 Å². The van der Waals surface area contributed by atoms with Gasteiger partial charge in [0.2, 0.25) is 0 Å². The molecule has 0 radical (unpaired) electrons. The number of hydrogen-bond donors (Lipinski definition) is 1. The molecule has 2 N–H and O–H groups in total. The molecule has 1 heterocycles. The van der Waals surface area contributed by atoms with E-state index in [9.17, 15) is 4.79 Å². The molecule has 5 heteroatoms. The van der Waals surface area contributed by atoms with Gasteiger partial charge in [0, 0.05) is 0 Å². The molecular weight excluding hydrogens is 244 g/mol. The first kappa shape index (κ1) is 13.5. The van der Waals surface area contributed by atoms with Crippen molar-refractivity contribution in [2.75, 3.05) is 23.7 Å². The van der Waals surface area contributed by atoms with Gasteiger partial charge >= 0.3 is 5.97 Å². The fourth-order valence-electron chi connectivity index (χ4n) is 2.23. The Bertz CT molecular complexity index is 474. The smallest absolute Gasteiger partial charge is 0.325 e. The molecule has 0 fully saturated rings. The highest BCUT2D eigenvalue weighted by molar-refractivity contribution is 5.82. The molecule has 1 aliphatic rings. The van der Waals surface area contributed by atoms with Crippen LogP contribution in [0.3, 0.4) is 0 Å². The molecule has 1 aromatic carbocycles. The third kappa shape index (κ3) is 3.10. The molecule has 5 nitrogen and oxygen atoms in total. The summed E-state index contributed by atoms with van der Waals surface area (Å²) in [6, 6.07) is 5.51. The molecule has 1 unspecified atom stereocenters. The fraction of sp³-hybridized carbons (Fsp3) is 0.500. The third-order valence-electron chi connectivity index (χ3n) is 2.84. The average molecular weight is 264 g/mol. The first-order valence-electron chi connectivity index (χ1n) is 6.47. The number of ether oxygens (including phenoxy) is 2. The number of esters is 1. The molecule has 0 aromatic heterocycles. The second-order valence-corrected chi connectivity index (χ2v) is 5.04. The van der Waals surface area contributed by atoms with Crippen LogP contribution in [0.1, 0.15) is 20.8 Å². The van der Waals surface area contributed by atoms with E-state index >= 15 is 0 Å².